The van der Waals surface area contributed by atoms with Gasteiger partial charge in [0.1, 0.15) is 5.75 Å². The Bertz CT molecular complexity index is 408. The Kier molecular flexibility index (Phi) is 6.56. The molecule has 0 spiro atoms. The van der Waals surface area contributed by atoms with E-state index in [-0.39, 0.29) is 0 Å². The number of nitrogens with zero attached hydrogens (tertiary/aromatic N) is 1. The summed E-state index contributed by atoms with van der Waals surface area (Å²) in [7, 11) is 1.74. The van der Waals surface area contributed by atoms with Gasteiger partial charge in [0.15, 0.2) is 0 Å². The van der Waals surface area contributed by atoms with E-state index in [1.807, 2.05) is 6.07 Å². The number of benzene rings is 1. The second kappa shape index (κ2) is 8.43. The smallest absolute Gasteiger partial charge is 0.119 e. The van der Waals surface area contributed by atoms with Gasteiger partial charge in [-0.1, -0.05) is 26.0 Å². The zero-order valence-corrected chi connectivity index (χ0v) is 14.0. The summed E-state index contributed by atoms with van der Waals surface area (Å²) in [6, 6.07) is 8.56. The van der Waals surface area contributed by atoms with E-state index < -0.39 is 0 Å². The standard InChI is InChI=1S/C19H31NO/c1-16(2)6-5-11-20-12-9-17(10-13-20)14-18-7-4-8-19(15-18)21-3/h4,7-8,15-17H,5-6,9-14H2,1-3H3. The number of hydrogen-bond acceptors (Lipinski definition) is 2. The van der Waals surface area contributed by atoms with Crippen LogP contribution in [0.25, 0.3) is 0 Å². The number of likely N-dealkylation sites (tertiary alicyclic amines) is 1. The fraction of sp³-hybridized carbons (Fsp3) is 0.684. The lowest BCUT2D eigenvalue weighted by atomic mass is 9.90. The Balaban J connectivity index is 1.71. The van der Waals surface area contributed by atoms with Crippen molar-refractivity contribution in [2.75, 3.05) is 26.7 Å². The van der Waals surface area contributed by atoms with E-state index in [1.54, 1.807) is 7.11 Å². The molecule has 118 valence electrons. The van der Waals surface area contributed by atoms with Gasteiger partial charge in [-0.15, -0.1) is 0 Å². The fourth-order valence-corrected chi connectivity index (χ4v) is 3.27. The molecule has 1 heterocycles. The third-order valence-electron chi connectivity index (χ3n) is 4.62. The van der Waals surface area contributed by atoms with Crippen molar-refractivity contribution in [3.05, 3.63) is 29.8 Å². The zero-order valence-electron chi connectivity index (χ0n) is 14.0. The van der Waals surface area contributed by atoms with Gasteiger partial charge in [-0.2, -0.15) is 0 Å². The number of ether oxygens (including phenoxy) is 1. The van der Waals surface area contributed by atoms with E-state index in [0.717, 1.165) is 17.6 Å². The summed E-state index contributed by atoms with van der Waals surface area (Å²) < 4.78 is 5.32. The number of rotatable bonds is 7. The molecule has 0 aliphatic carbocycles. The molecular weight excluding hydrogens is 258 g/mol. The summed E-state index contributed by atoms with van der Waals surface area (Å²) in [5.41, 5.74) is 1.42. The maximum Gasteiger partial charge on any atom is 0.119 e. The molecule has 1 aliphatic heterocycles. The maximum atomic E-state index is 5.32. The molecule has 0 saturated carbocycles. The van der Waals surface area contributed by atoms with Crippen molar-refractivity contribution >= 4 is 0 Å². The van der Waals surface area contributed by atoms with Crippen LogP contribution in [-0.2, 0) is 6.42 Å². The highest BCUT2D eigenvalue weighted by Gasteiger charge is 2.19. The molecule has 0 aromatic heterocycles. The largest absolute Gasteiger partial charge is 0.497 e. The highest BCUT2D eigenvalue weighted by atomic mass is 16.5. The van der Waals surface area contributed by atoms with Gasteiger partial charge in [-0.25, -0.2) is 0 Å². The molecule has 2 nitrogen and oxygen atoms in total. The van der Waals surface area contributed by atoms with Crippen molar-refractivity contribution < 1.29 is 4.74 Å². The van der Waals surface area contributed by atoms with Crippen LogP contribution in [0.4, 0.5) is 0 Å². The van der Waals surface area contributed by atoms with E-state index in [9.17, 15) is 0 Å². The summed E-state index contributed by atoms with van der Waals surface area (Å²) in [6.45, 7) is 8.50. The van der Waals surface area contributed by atoms with Crippen molar-refractivity contribution in [1.29, 1.82) is 0 Å². The molecule has 0 atom stereocenters. The van der Waals surface area contributed by atoms with Crippen molar-refractivity contribution in [2.24, 2.45) is 11.8 Å². The lowest BCUT2D eigenvalue weighted by Gasteiger charge is -2.32. The average molecular weight is 289 g/mol. The molecule has 1 fully saturated rings. The van der Waals surface area contributed by atoms with Crippen molar-refractivity contribution in [3.8, 4) is 5.75 Å². The summed E-state index contributed by atoms with van der Waals surface area (Å²) in [6.07, 6.45) is 6.62. The minimum atomic E-state index is 0.843. The summed E-state index contributed by atoms with van der Waals surface area (Å²) in [5, 5.41) is 0. The highest BCUT2D eigenvalue weighted by molar-refractivity contribution is 5.28. The average Bonchev–Trinajstić information content (AvgIpc) is 2.49. The van der Waals surface area contributed by atoms with Gasteiger partial charge in [0.25, 0.3) is 0 Å². The molecule has 2 rings (SSSR count). The fourth-order valence-electron chi connectivity index (χ4n) is 3.27. The van der Waals surface area contributed by atoms with Crippen molar-refractivity contribution in [2.45, 2.75) is 46.0 Å². The first-order valence-electron chi connectivity index (χ1n) is 8.52. The molecule has 1 aromatic rings. The van der Waals surface area contributed by atoms with E-state index in [1.165, 1.54) is 57.3 Å². The summed E-state index contributed by atoms with van der Waals surface area (Å²) in [5.74, 6) is 2.67. The van der Waals surface area contributed by atoms with Crippen LogP contribution in [0.5, 0.6) is 5.75 Å². The molecule has 0 amide bonds. The molecule has 21 heavy (non-hydrogen) atoms. The van der Waals surface area contributed by atoms with Crippen LogP contribution in [0.1, 0.15) is 45.1 Å². The monoisotopic (exact) mass is 289 g/mol. The number of hydrogen-bond donors (Lipinski definition) is 0. The van der Waals surface area contributed by atoms with E-state index >= 15 is 0 Å². The highest BCUT2D eigenvalue weighted by Crippen LogP contribution is 2.23. The Morgan fingerprint density at radius 3 is 2.67 bits per heavy atom. The lowest BCUT2D eigenvalue weighted by molar-refractivity contribution is 0.179. The minimum absolute atomic E-state index is 0.843. The predicted octanol–water partition coefficient (Wildman–Crippen LogP) is 4.39. The first-order valence-corrected chi connectivity index (χ1v) is 8.52. The Morgan fingerprint density at radius 2 is 2.00 bits per heavy atom. The van der Waals surface area contributed by atoms with Crippen LogP contribution in [0.15, 0.2) is 24.3 Å². The normalized spacial score (nSPS) is 17.3. The molecule has 0 unspecified atom stereocenters. The van der Waals surface area contributed by atoms with Crippen LogP contribution in [0, 0.1) is 11.8 Å². The topological polar surface area (TPSA) is 12.5 Å². The van der Waals surface area contributed by atoms with E-state index in [0.29, 0.717) is 0 Å². The lowest BCUT2D eigenvalue weighted by Crippen LogP contribution is -2.35. The molecule has 0 bridgehead atoms. The van der Waals surface area contributed by atoms with Gasteiger partial charge >= 0.3 is 0 Å². The second-order valence-corrected chi connectivity index (χ2v) is 6.88. The number of piperidine rings is 1. The summed E-state index contributed by atoms with van der Waals surface area (Å²) >= 11 is 0. The van der Waals surface area contributed by atoms with Gasteiger partial charge in [0.2, 0.25) is 0 Å². The molecular formula is C19H31NO. The quantitative estimate of drug-likeness (QED) is 0.738. The van der Waals surface area contributed by atoms with Gasteiger partial charge in [-0.05, 0) is 81.3 Å². The van der Waals surface area contributed by atoms with Gasteiger partial charge in [0, 0.05) is 0 Å². The van der Waals surface area contributed by atoms with Crippen molar-refractivity contribution in [1.82, 2.24) is 4.90 Å². The first kappa shape index (κ1) is 16.4. The van der Waals surface area contributed by atoms with Gasteiger partial charge in [0.05, 0.1) is 7.11 Å². The molecule has 1 saturated heterocycles. The molecule has 0 radical (unpaired) electrons. The van der Waals surface area contributed by atoms with Gasteiger partial charge < -0.3 is 9.64 Å². The number of methoxy groups -OCH3 is 1. The molecule has 2 heteroatoms. The Hall–Kier alpha value is -1.02. The third-order valence-corrected chi connectivity index (χ3v) is 4.62. The molecule has 0 N–H and O–H groups in total. The Labute approximate surface area is 130 Å². The first-order chi connectivity index (χ1) is 10.2. The van der Waals surface area contributed by atoms with Crippen LogP contribution >= 0.6 is 0 Å². The SMILES string of the molecule is COc1cccc(CC2CCN(CCCC(C)C)CC2)c1. The second-order valence-electron chi connectivity index (χ2n) is 6.88. The third kappa shape index (κ3) is 5.70. The summed E-state index contributed by atoms with van der Waals surface area (Å²) in [4.78, 5) is 2.66. The van der Waals surface area contributed by atoms with Crippen LogP contribution in [-0.4, -0.2) is 31.6 Å². The van der Waals surface area contributed by atoms with E-state index in [2.05, 4.69) is 36.9 Å². The van der Waals surface area contributed by atoms with Gasteiger partial charge in [-0.3, -0.25) is 0 Å². The van der Waals surface area contributed by atoms with E-state index in [4.69, 9.17) is 4.74 Å². The van der Waals surface area contributed by atoms with Crippen molar-refractivity contribution in [3.63, 3.8) is 0 Å². The van der Waals surface area contributed by atoms with Crippen LogP contribution < -0.4 is 4.74 Å². The molecule has 1 aromatic carbocycles. The van der Waals surface area contributed by atoms with Crippen LogP contribution in [0.3, 0.4) is 0 Å². The predicted molar refractivity (Wildman–Crippen MR) is 89.9 cm³/mol. The maximum absolute atomic E-state index is 5.32. The minimum Gasteiger partial charge on any atom is -0.497 e. The van der Waals surface area contributed by atoms with Crippen LogP contribution in [0.2, 0.25) is 0 Å². The Morgan fingerprint density at radius 1 is 1.24 bits per heavy atom. The zero-order chi connectivity index (χ0) is 15.1. The molecule has 1 aliphatic rings.